The van der Waals surface area contributed by atoms with Crippen LogP contribution in [0.5, 0.6) is 5.75 Å². The third-order valence-corrected chi connectivity index (χ3v) is 1.23. The maximum absolute atomic E-state index is 8.85. The maximum Gasteiger partial charge on any atom is 0.222 e. The number of ether oxygens (including phenoxy) is 1. The van der Waals surface area contributed by atoms with Gasteiger partial charge in [0.25, 0.3) is 0 Å². The monoisotopic (exact) mass is 169 g/mol. The fourth-order valence-corrected chi connectivity index (χ4v) is 0.677. The first-order valence-corrected chi connectivity index (χ1v) is 3.57. The van der Waals surface area contributed by atoms with Crippen LogP contribution in [0.25, 0.3) is 0 Å². The molecular weight excluding hydrogens is 158 g/mol. The summed E-state index contributed by atoms with van der Waals surface area (Å²) in [4.78, 5) is 7.64. The Morgan fingerprint density at radius 2 is 2.17 bits per heavy atom. The molecule has 0 unspecified atom stereocenters. The Bertz CT molecular complexity index is 225. The molecule has 1 aromatic heterocycles. The van der Waals surface area contributed by atoms with Gasteiger partial charge < -0.3 is 15.2 Å². The van der Waals surface area contributed by atoms with Gasteiger partial charge in [-0.15, -0.1) is 0 Å². The molecule has 5 nitrogen and oxygen atoms in total. The van der Waals surface area contributed by atoms with Crippen LogP contribution in [-0.4, -0.2) is 35.3 Å². The molecule has 0 aliphatic heterocycles. The Morgan fingerprint density at radius 1 is 1.50 bits per heavy atom. The SMILES string of the molecule is COCCNc1ncc(O)cn1. The van der Waals surface area contributed by atoms with E-state index in [1.54, 1.807) is 7.11 Å². The summed E-state index contributed by atoms with van der Waals surface area (Å²) < 4.78 is 4.82. The van der Waals surface area contributed by atoms with Gasteiger partial charge in [0.2, 0.25) is 5.95 Å². The van der Waals surface area contributed by atoms with Crippen molar-refractivity contribution in [1.82, 2.24) is 9.97 Å². The van der Waals surface area contributed by atoms with Crippen molar-refractivity contribution in [3.05, 3.63) is 12.4 Å². The van der Waals surface area contributed by atoms with Gasteiger partial charge in [-0.3, -0.25) is 0 Å². The van der Waals surface area contributed by atoms with Gasteiger partial charge in [-0.2, -0.15) is 0 Å². The minimum absolute atomic E-state index is 0.0623. The molecule has 12 heavy (non-hydrogen) atoms. The molecule has 0 saturated carbocycles. The second-order valence-corrected chi connectivity index (χ2v) is 2.18. The summed E-state index contributed by atoms with van der Waals surface area (Å²) in [7, 11) is 1.62. The van der Waals surface area contributed by atoms with Crippen molar-refractivity contribution in [2.75, 3.05) is 25.6 Å². The van der Waals surface area contributed by atoms with E-state index < -0.39 is 0 Å². The van der Waals surface area contributed by atoms with Crippen molar-refractivity contribution < 1.29 is 9.84 Å². The van der Waals surface area contributed by atoms with Gasteiger partial charge in [-0.05, 0) is 0 Å². The smallest absolute Gasteiger partial charge is 0.222 e. The summed E-state index contributed by atoms with van der Waals surface area (Å²) >= 11 is 0. The molecule has 0 amide bonds. The Morgan fingerprint density at radius 3 is 2.75 bits per heavy atom. The summed E-state index contributed by atoms with van der Waals surface area (Å²) in [5.74, 6) is 0.553. The first-order valence-electron chi connectivity index (χ1n) is 3.57. The van der Waals surface area contributed by atoms with Gasteiger partial charge in [-0.25, -0.2) is 9.97 Å². The summed E-state index contributed by atoms with van der Waals surface area (Å²) in [6.45, 7) is 1.26. The van der Waals surface area contributed by atoms with Gasteiger partial charge in [0.05, 0.1) is 19.0 Å². The molecule has 0 aromatic carbocycles. The first-order chi connectivity index (χ1) is 5.83. The quantitative estimate of drug-likeness (QED) is 0.632. The zero-order valence-corrected chi connectivity index (χ0v) is 6.82. The van der Waals surface area contributed by atoms with E-state index in [1.807, 2.05) is 0 Å². The fraction of sp³-hybridized carbons (Fsp3) is 0.429. The molecule has 66 valence electrons. The lowest BCUT2D eigenvalue weighted by atomic mass is 10.6. The molecule has 0 saturated heterocycles. The topological polar surface area (TPSA) is 67.3 Å². The van der Waals surface area contributed by atoms with Gasteiger partial charge in [0, 0.05) is 13.7 Å². The summed E-state index contributed by atoms with van der Waals surface area (Å²) in [6, 6.07) is 0. The Hall–Kier alpha value is -1.36. The highest BCUT2D eigenvalue weighted by Gasteiger charge is 1.93. The molecule has 1 aromatic rings. The second-order valence-electron chi connectivity index (χ2n) is 2.18. The highest BCUT2D eigenvalue weighted by Crippen LogP contribution is 2.04. The van der Waals surface area contributed by atoms with Crippen molar-refractivity contribution in [2.45, 2.75) is 0 Å². The normalized spacial score (nSPS) is 9.75. The number of methoxy groups -OCH3 is 1. The minimum atomic E-state index is 0.0623. The fourth-order valence-electron chi connectivity index (χ4n) is 0.677. The zero-order chi connectivity index (χ0) is 8.81. The highest BCUT2D eigenvalue weighted by atomic mass is 16.5. The van der Waals surface area contributed by atoms with Crippen LogP contribution in [0.1, 0.15) is 0 Å². The highest BCUT2D eigenvalue weighted by molar-refractivity contribution is 5.25. The van der Waals surface area contributed by atoms with Crippen molar-refractivity contribution in [3.8, 4) is 5.75 Å². The van der Waals surface area contributed by atoms with E-state index in [2.05, 4.69) is 15.3 Å². The minimum Gasteiger partial charge on any atom is -0.505 e. The summed E-state index contributed by atoms with van der Waals surface area (Å²) in [6.07, 6.45) is 2.67. The summed E-state index contributed by atoms with van der Waals surface area (Å²) in [5.41, 5.74) is 0. The van der Waals surface area contributed by atoms with Gasteiger partial charge >= 0.3 is 0 Å². The van der Waals surface area contributed by atoms with E-state index in [9.17, 15) is 0 Å². The van der Waals surface area contributed by atoms with Crippen LogP contribution < -0.4 is 5.32 Å². The number of nitrogens with zero attached hydrogens (tertiary/aromatic N) is 2. The van der Waals surface area contributed by atoms with Gasteiger partial charge in [0.15, 0.2) is 5.75 Å². The van der Waals surface area contributed by atoms with E-state index >= 15 is 0 Å². The van der Waals surface area contributed by atoms with Gasteiger partial charge in [-0.1, -0.05) is 0 Å². The van der Waals surface area contributed by atoms with Crippen LogP contribution in [0, 0.1) is 0 Å². The van der Waals surface area contributed by atoms with E-state index in [4.69, 9.17) is 9.84 Å². The van der Waals surface area contributed by atoms with E-state index in [-0.39, 0.29) is 5.75 Å². The van der Waals surface area contributed by atoms with Crippen LogP contribution in [0.3, 0.4) is 0 Å². The largest absolute Gasteiger partial charge is 0.505 e. The molecule has 0 fully saturated rings. The van der Waals surface area contributed by atoms with E-state index in [0.717, 1.165) is 0 Å². The molecule has 0 radical (unpaired) electrons. The van der Waals surface area contributed by atoms with E-state index in [1.165, 1.54) is 12.4 Å². The summed E-state index contributed by atoms with van der Waals surface area (Å²) in [5, 5.41) is 11.8. The van der Waals surface area contributed by atoms with E-state index in [0.29, 0.717) is 19.1 Å². The number of aromatic hydroxyl groups is 1. The Balaban J connectivity index is 2.37. The van der Waals surface area contributed by atoms with Crippen molar-refractivity contribution in [1.29, 1.82) is 0 Å². The van der Waals surface area contributed by atoms with Crippen molar-refractivity contribution >= 4 is 5.95 Å². The molecule has 0 bridgehead atoms. The maximum atomic E-state index is 8.85. The van der Waals surface area contributed by atoms with Crippen molar-refractivity contribution in [3.63, 3.8) is 0 Å². The average Bonchev–Trinajstić information content (AvgIpc) is 2.09. The van der Waals surface area contributed by atoms with Crippen LogP contribution in [0.2, 0.25) is 0 Å². The number of rotatable bonds is 4. The molecule has 2 N–H and O–H groups in total. The molecule has 1 rings (SSSR count). The number of aromatic nitrogens is 2. The third kappa shape index (κ3) is 2.71. The lowest BCUT2D eigenvalue weighted by molar-refractivity contribution is 0.210. The number of hydrogen-bond donors (Lipinski definition) is 2. The molecule has 0 aliphatic rings. The number of anilines is 1. The predicted octanol–water partition coefficient (Wildman–Crippen LogP) is 0.240. The van der Waals surface area contributed by atoms with Crippen LogP contribution >= 0.6 is 0 Å². The first kappa shape index (κ1) is 8.73. The van der Waals surface area contributed by atoms with Crippen LogP contribution in [0.15, 0.2) is 12.4 Å². The predicted molar refractivity (Wildman–Crippen MR) is 44.1 cm³/mol. The van der Waals surface area contributed by atoms with Crippen LogP contribution in [0.4, 0.5) is 5.95 Å². The van der Waals surface area contributed by atoms with Crippen LogP contribution in [-0.2, 0) is 4.74 Å². The zero-order valence-electron chi connectivity index (χ0n) is 6.82. The second kappa shape index (κ2) is 4.50. The Kier molecular flexibility index (Phi) is 3.28. The lowest BCUT2D eigenvalue weighted by Gasteiger charge is -2.02. The number of nitrogens with one attached hydrogen (secondary N) is 1. The molecule has 0 spiro atoms. The molecular formula is C7H11N3O2. The van der Waals surface area contributed by atoms with Gasteiger partial charge in [0.1, 0.15) is 0 Å². The molecule has 0 atom stereocenters. The lowest BCUT2D eigenvalue weighted by Crippen LogP contribution is -2.09. The third-order valence-electron chi connectivity index (χ3n) is 1.23. The molecule has 0 aliphatic carbocycles. The standard InChI is InChI=1S/C7H11N3O2/c1-12-3-2-8-7-9-4-6(11)5-10-7/h4-5,11H,2-3H2,1H3,(H,8,9,10). The average molecular weight is 169 g/mol. The molecule has 1 heterocycles. The molecule has 5 heteroatoms. The van der Waals surface area contributed by atoms with Crippen molar-refractivity contribution in [2.24, 2.45) is 0 Å². The number of hydrogen-bond acceptors (Lipinski definition) is 5. The Labute approximate surface area is 70.4 Å².